The van der Waals surface area contributed by atoms with Crippen molar-refractivity contribution in [2.24, 2.45) is 0 Å². The van der Waals surface area contributed by atoms with E-state index in [0.717, 1.165) is 0 Å². The van der Waals surface area contributed by atoms with Crippen LogP contribution in [-0.2, 0) is 0 Å². The molecule has 0 aliphatic carbocycles. The van der Waals surface area contributed by atoms with E-state index in [1.165, 1.54) is 38.6 Å². The third-order valence-corrected chi connectivity index (χ3v) is 4.55. The number of benzene rings is 4. The SMILES string of the molecule is Cc1ccc(C=C(c2ccccc2)c2cccc3ccccc23)cc1. The lowest BCUT2D eigenvalue weighted by Crippen LogP contribution is -1.90. The summed E-state index contributed by atoms with van der Waals surface area (Å²) in [5.41, 5.74) is 6.26. The lowest BCUT2D eigenvalue weighted by molar-refractivity contribution is 1.46. The van der Waals surface area contributed by atoms with Gasteiger partial charge in [-0.15, -0.1) is 0 Å². The number of hydrogen-bond donors (Lipinski definition) is 0. The summed E-state index contributed by atoms with van der Waals surface area (Å²) in [6.45, 7) is 2.12. The molecule has 0 saturated carbocycles. The molecule has 4 rings (SSSR count). The van der Waals surface area contributed by atoms with Crippen molar-refractivity contribution in [1.82, 2.24) is 0 Å². The summed E-state index contributed by atoms with van der Waals surface area (Å²) in [7, 11) is 0. The Morgan fingerprint density at radius 1 is 0.640 bits per heavy atom. The van der Waals surface area contributed by atoms with Crippen molar-refractivity contribution in [2.75, 3.05) is 0 Å². The van der Waals surface area contributed by atoms with E-state index in [9.17, 15) is 0 Å². The summed E-state index contributed by atoms with van der Waals surface area (Å²) in [4.78, 5) is 0. The molecule has 0 radical (unpaired) electrons. The zero-order chi connectivity index (χ0) is 17.1. The van der Waals surface area contributed by atoms with Crippen LogP contribution in [-0.4, -0.2) is 0 Å². The summed E-state index contributed by atoms with van der Waals surface area (Å²) in [5, 5.41) is 2.55. The zero-order valence-corrected chi connectivity index (χ0v) is 14.3. The monoisotopic (exact) mass is 320 g/mol. The number of rotatable bonds is 3. The maximum absolute atomic E-state index is 2.29. The maximum Gasteiger partial charge on any atom is -0.00992 e. The lowest BCUT2D eigenvalue weighted by Gasteiger charge is -2.12. The van der Waals surface area contributed by atoms with Gasteiger partial charge in [0.15, 0.2) is 0 Å². The minimum atomic E-state index is 1.22. The molecule has 0 nitrogen and oxygen atoms in total. The molecule has 0 heterocycles. The van der Waals surface area contributed by atoms with Gasteiger partial charge in [-0.1, -0.05) is 103 Å². The van der Waals surface area contributed by atoms with Gasteiger partial charge in [-0.25, -0.2) is 0 Å². The van der Waals surface area contributed by atoms with Gasteiger partial charge in [-0.3, -0.25) is 0 Å². The smallest absolute Gasteiger partial charge is 0.00992 e. The molecular formula is C25H20. The normalized spacial score (nSPS) is 11.6. The predicted molar refractivity (Wildman–Crippen MR) is 109 cm³/mol. The Balaban J connectivity index is 1.96. The molecule has 0 aromatic heterocycles. The van der Waals surface area contributed by atoms with Crippen molar-refractivity contribution in [3.63, 3.8) is 0 Å². The van der Waals surface area contributed by atoms with Crippen molar-refractivity contribution in [1.29, 1.82) is 0 Å². The first-order chi connectivity index (χ1) is 12.3. The van der Waals surface area contributed by atoms with E-state index in [0.29, 0.717) is 0 Å². The quantitative estimate of drug-likeness (QED) is 0.367. The minimum absolute atomic E-state index is 1.22. The molecule has 0 aliphatic rings. The molecule has 0 fully saturated rings. The highest BCUT2D eigenvalue weighted by Crippen LogP contribution is 2.31. The molecule has 4 aromatic rings. The Morgan fingerprint density at radius 2 is 1.32 bits per heavy atom. The van der Waals surface area contributed by atoms with Gasteiger partial charge in [0.05, 0.1) is 0 Å². The Bertz CT molecular complexity index is 1020. The fraction of sp³-hybridized carbons (Fsp3) is 0.0400. The van der Waals surface area contributed by atoms with Crippen LogP contribution in [0.5, 0.6) is 0 Å². The highest BCUT2D eigenvalue weighted by atomic mass is 14.1. The van der Waals surface area contributed by atoms with Crippen LogP contribution >= 0.6 is 0 Å². The summed E-state index contributed by atoms with van der Waals surface area (Å²) in [6.07, 6.45) is 2.29. The average Bonchev–Trinajstić information content (AvgIpc) is 2.68. The van der Waals surface area contributed by atoms with Crippen LogP contribution in [0.25, 0.3) is 22.4 Å². The van der Waals surface area contributed by atoms with E-state index in [2.05, 4.69) is 110 Å². The molecule has 0 amide bonds. The summed E-state index contributed by atoms with van der Waals surface area (Å²) >= 11 is 0. The van der Waals surface area contributed by atoms with E-state index in [-0.39, 0.29) is 0 Å². The molecule has 0 bridgehead atoms. The molecule has 0 N–H and O–H groups in total. The predicted octanol–water partition coefficient (Wildman–Crippen LogP) is 6.74. The van der Waals surface area contributed by atoms with Gasteiger partial charge in [-0.05, 0) is 46.0 Å². The van der Waals surface area contributed by atoms with Crippen molar-refractivity contribution >= 4 is 22.4 Å². The van der Waals surface area contributed by atoms with Crippen molar-refractivity contribution < 1.29 is 0 Å². The first-order valence-corrected chi connectivity index (χ1v) is 8.63. The van der Waals surface area contributed by atoms with Gasteiger partial charge >= 0.3 is 0 Å². The average molecular weight is 320 g/mol. The molecule has 0 unspecified atom stereocenters. The fourth-order valence-corrected chi connectivity index (χ4v) is 3.22. The van der Waals surface area contributed by atoms with E-state index in [1.807, 2.05) is 0 Å². The number of fused-ring (bicyclic) bond motifs is 1. The van der Waals surface area contributed by atoms with Crippen LogP contribution in [0.3, 0.4) is 0 Å². The lowest BCUT2D eigenvalue weighted by atomic mass is 9.91. The van der Waals surface area contributed by atoms with Crippen molar-refractivity contribution in [2.45, 2.75) is 6.92 Å². The molecule has 0 aliphatic heterocycles. The van der Waals surface area contributed by atoms with Crippen LogP contribution in [0.2, 0.25) is 0 Å². The van der Waals surface area contributed by atoms with Crippen LogP contribution in [0, 0.1) is 6.92 Å². The standard InChI is InChI=1S/C25H20/c1-19-14-16-20(17-15-19)18-25(22-8-3-2-4-9-22)24-13-7-11-21-10-5-6-12-23(21)24/h2-18H,1H3. The zero-order valence-electron chi connectivity index (χ0n) is 14.3. The number of aryl methyl sites for hydroxylation is 1. The van der Waals surface area contributed by atoms with E-state index < -0.39 is 0 Å². The third-order valence-electron chi connectivity index (χ3n) is 4.55. The highest BCUT2D eigenvalue weighted by Gasteiger charge is 2.09. The second kappa shape index (κ2) is 6.78. The summed E-state index contributed by atoms with van der Waals surface area (Å²) in [5.74, 6) is 0. The fourth-order valence-electron chi connectivity index (χ4n) is 3.22. The second-order valence-electron chi connectivity index (χ2n) is 6.36. The number of hydrogen-bond acceptors (Lipinski definition) is 0. The van der Waals surface area contributed by atoms with E-state index in [4.69, 9.17) is 0 Å². The Hall–Kier alpha value is -3.12. The molecule has 0 saturated heterocycles. The van der Waals surface area contributed by atoms with Crippen molar-refractivity contribution in [3.8, 4) is 0 Å². The van der Waals surface area contributed by atoms with E-state index in [1.54, 1.807) is 0 Å². The molecule has 120 valence electrons. The van der Waals surface area contributed by atoms with Gasteiger partial charge in [0.1, 0.15) is 0 Å². The largest absolute Gasteiger partial charge is 0.0622 e. The Morgan fingerprint density at radius 3 is 2.12 bits per heavy atom. The molecular weight excluding hydrogens is 300 g/mol. The molecule has 25 heavy (non-hydrogen) atoms. The van der Waals surface area contributed by atoms with Crippen molar-refractivity contribution in [3.05, 3.63) is 119 Å². The first kappa shape index (κ1) is 15.4. The van der Waals surface area contributed by atoms with Gasteiger partial charge in [0.2, 0.25) is 0 Å². The summed E-state index contributed by atoms with van der Waals surface area (Å²) in [6, 6.07) is 34.4. The van der Waals surface area contributed by atoms with Gasteiger partial charge in [0.25, 0.3) is 0 Å². The third kappa shape index (κ3) is 3.25. The van der Waals surface area contributed by atoms with Crippen LogP contribution < -0.4 is 0 Å². The molecule has 4 aromatic carbocycles. The minimum Gasteiger partial charge on any atom is -0.0622 e. The maximum atomic E-state index is 2.29. The van der Waals surface area contributed by atoms with Gasteiger partial charge < -0.3 is 0 Å². The van der Waals surface area contributed by atoms with Crippen LogP contribution in [0.4, 0.5) is 0 Å². The topological polar surface area (TPSA) is 0 Å². The van der Waals surface area contributed by atoms with Gasteiger partial charge in [-0.2, -0.15) is 0 Å². The van der Waals surface area contributed by atoms with E-state index >= 15 is 0 Å². The second-order valence-corrected chi connectivity index (χ2v) is 6.36. The highest BCUT2D eigenvalue weighted by molar-refractivity contribution is 6.02. The molecule has 0 heteroatoms. The Labute approximate surface area is 149 Å². The molecule has 0 spiro atoms. The molecule has 0 atom stereocenters. The first-order valence-electron chi connectivity index (χ1n) is 8.63. The van der Waals surface area contributed by atoms with Crippen LogP contribution in [0.15, 0.2) is 97.1 Å². The van der Waals surface area contributed by atoms with Gasteiger partial charge in [0, 0.05) is 0 Å². The van der Waals surface area contributed by atoms with Crippen LogP contribution in [0.1, 0.15) is 22.3 Å². The Kier molecular flexibility index (Phi) is 4.18. The summed E-state index contributed by atoms with van der Waals surface area (Å²) < 4.78 is 0.